The van der Waals surface area contributed by atoms with Gasteiger partial charge in [0.15, 0.2) is 0 Å². The van der Waals surface area contributed by atoms with Gasteiger partial charge >= 0.3 is 0 Å². The fraction of sp³-hybridized carbons (Fsp3) is 0.333. The van der Waals surface area contributed by atoms with Gasteiger partial charge in [-0.05, 0) is 28.1 Å². The van der Waals surface area contributed by atoms with Crippen molar-refractivity contribution in [3.8, 4) is 0 Å². The van der Waals surface area contributed by atoms with Crippen LogP contribution in [0.5, 0.6) is 0 Å². The minimum atomic E-state index is -0.127. The van der Waals surface area contributed by atoms with Crippen LogP contribution >= 0.6 is 27.5 Å². The van der Waals surface area contributed by atoms with Gasteiger partial charge in [-0.3, -0.25) is 4.79 Å². The SMILES string of the molecule is CN(CCCl)C(=O)c1ncccc1Br. The van der Waals surface area contributed by atoms with Crippen LogP contribution in [0.3, 0.4) is 0 Å². The van der Waals surface area contributed by atoms with Crippen LogP contribution in [-0.4, -0.2) is 35.3 Å². The molecular weight excluding hydrogens is 267 g/mol. The number of carbonyl (C=O) groups excluding carboxylic acids is 1. The average molecular weight is 278 g/mol. The molecule has 1 aromatic heterocycles. The van der Waals surface area contributed by atoms with Crippen molar-refractivity contribution in [2.45, 2.75) is 0 Å². The fourth-order valence-corrected chi connectivity index (χ4v) is 1.63. The maximum Gasteiger partial charge on any atom is 0.273 e. The highest BCUT2D eigenvalue weighted by Crippen LogP contribution is 2.14. The summed E-state index contributed by atoms with van der Waals surface area (Å²) in [6.07, 6.45) is 1.59. The Bertz CT molecular complexity index is 332. The second-order valence-electron chi connectivity index (χ2n) is 2.75. The average Bonchev–Trinajstić information content (AvgIpc) is 2.18. The standard InChI is InChI=1S/C9H10BrClN2O/c1-13(6-4-11)9(14)8-7(10)3-2-5-12-8/h2-3,5H,4,6H2,1H3. The van der Waals surface area contributed by atoms with E-state index in [0.717, 1.165) is 0 Å². The molecule has 1 rings (SSSR count). The van der Waals surface area contributed by atoms with E-state index in [1.54, 1.807) is 30.3 Å². The summed E-state index contributed by atoms with van der Waals surface area (Å²) in [5.41, 5.74) is 0.417. The first-order valence-electron chi connectivity index (χ1n) is 4.08. The van der Waals surface area contributed by atoms with E-state index in [1.165, 1.54) is 0 Å². The van der Waals surface area contributed by atoms with E-state index in [4.69, 9.17) is 11.6 Å². The first-order chi connectivity index (χ1) is 6.66. The summed E-state index contributed by atoms with van der Waals surface area (Å²) in [5, 5.41) is 0. The first-order valence-corrected chi connectivity index (χ1v) is 5.41. The molecular formula is C9H10BrClN2O. The number of hydrogen-bond donors (Lipinski definition) is 0. The predicted molar refractivity (Wildman–Crippen MR) is 59.6 cm³/mol. The van der Waals surface area contributed by atoms with Crippen LogP contribution in [0, 0.1) is 0 Å². The molecule has 0 unspecified atom stereocenters. The molecule has 1 heterocycles. The molecule has 1 amide bonds. The molecule has 0 aliphatic heterocycles. The lowest BCUT2D eigenvalue weighted by atomic mass is 10.3. The van der Waals surface area contributed by atoms with Gasteiger partial charge < -0.3 is 4.90 Å². The van der Waals surface area contributed by atoms with Crippen molar-refractivity contribution < 1.29 is 4.79 Å². The van der Waals surface area contributed by atoms with E-state index in [-0.39, 0.29) is 5.91 Å². The van der Waals surface area contributed by atoms with Crippen molar-refractivity contribution in [3.05, 3.63) is 28.5 Å². The molecule has 0 saturated carbocycles. The molecule has 0 bridgehead atoms. The number of carbonyl (C=O) groups is 1. The highest BCUT2D eigenvalue weighted by atomic mass is 79.9. The third-order valence-electron chi connectivity index (χ3n) is 1.73. The highest BCUT2D eigenvalue weighted by molar-refractivity contribution is 9.10. The predicted octanol–water partition coefficient (Wildman–Crippen LogP) is 2.15. The molecule has 0 radical (unpaired) electrons. The topological polar surface area (TPSA) is 33.2 Å². The van der Waals surface area contributed by atoms with Crippen molar-refractivity contribution in [3.63, 3.8) is 0 Å². The zero-order valence-corrected chi connectivity index (χ0v) is 10.0. The van der Waals surface area contributed by atoms with Crippen LogP contribution in [0.1, 0.15) is 10.5 Å². The quantitative estimate of drug-likeness (QED) is 0.793. The summed E-state index contributed by atoms with van der Waals surface area (Å²) in [7, 11) is 1.70. The number of amides is 1. The second kappa shape index (κ2) is 5.32. The lowest BCUT2D eigenvalue weighted by Crippen LogP contribution is -2.29. The molecule has 3 nitrogen and oxygen atoms in total. The Hall–Kier alpha value is -0.610. The molecule has 0 aliphatic rings. The van der Waals surface area contributed by atoms with E-state index < -0.39 is 0 Å². The van der Waals surface area contributed by atoms with Crippen LogP contribution in [0.15, 0.2) is 22.8 Å². The summed E-state index contributed by atoms with van der Waals surface area (Å²) in [4.78, 5) is 17.3. The molecule has 14 heavy (non-hydrogen) atoms. The van der Waals surface area contributed by atoms with Gasteiger partial charge in [-0.2, -0.15) is 0 Å². The number of pyridine rings is 1. The normalized spacial score (nSPS) is 9.93. The number of halogens is 2. The van der Waals surface area contributed by atoms with E-state index in [1.807, 2.05) is 0 Å². The van der Waals surface area contributed by atoms with Gasteiger partial charge in [0.05, 0.1) is 0 Å². The molecule has 5 heteroatoms. The van der Waals surface area contributed by atoms with E-state index in [2.05, 4.69) is 20.9 Å². The van der Waals surface area contributed by atoms with Gasteiger partial charge in [0.1, 0.15) is 5.69 Å². The van der Waals surface area contributed by atoms with Crippen molar-refractivity contribution in [1.29, 1.82) is 0 Å². The molecule has 0 atom stereocenters. The molecule has 0 aromatic carbocycles. The molecule has 0 spiro atoms. The van der Waals surface area contributed by atoms with E-state index >= 15 is 0 Å². The van der Waals surface area contributed by atoms with Gasteiger partial charge in [-0.15, -0.1) is 11.6 Å². The van der Waals surface area contributed by atoms with Gasteiger partial charge in [-0.1, -0.05) is 0 Å². The van der Waals surface area contributed by atoms with Crippen LogP contribution in [0.2, 0.25) is 0 Å². The minimum absolute atomic E-state index is 0.127. The first kappa shape index (κ1) is 11.5. The van der Waals surface area contributed by atoms with Crippen LogP contribution < -0.4 is 0 Å². The number of nitrogens with zero attached hydrogens (tertiary/aromatic N) is 2. The van der Waals surface area contributed by atoms with E-state index in [9.17, 15) is 4.79 Å². The maximum atomic E-state index is 11.7. The van der Waals surface area contributed by atoms with Crippen LogP contribution in [-0.2, 0) is 0 Å². The van der Waals surface area contributed by atoms with Crippen LogP contribution in [0.25, 0.3) is 0 Å². The number of hydrogen-bond acceptors (Lipinski definition) is 2. The number of rotatable bonds is 3. The van der Waals surface area contributed by atoms with Gasteiger partial charge in [0, 0.05) is 30.1 Å². The highest BCUT2D eigenvalue weighted by Gasteiger charge is 2.14. The van der Waals surface area contributed by atoms with Gasteiger partial charge in [0.2, 0.25) is 0 Å². The van der Waals surface area contributed by atoms with E-state index in [0.29, 0.717) is 22.6 Å². The smallest absolute Gasteiger partial charge is 0.273 e. The van der Waals surface area contributed by atoms with Crippen molar-refractivity contribution in [1.82, 2.24) is 9.88 Å². The zero-order valence-electron chi connectivity index (χ0n) is 7.70. The molecule has 1 aromatic rings. The monoisotopic (exact) mass is 276 g/mol. The third-order valence-corrected chi connectivity index (χ3v) is 2.54. The largest absolute Gasteiger partial charge is 0.339 e. The summed E-state index contributed by atoms with van der Waals surface area (Å²) < 4.78 is 0.700. The second-order valence-corrected chi connectivity index (χ2v) is 3.98. The Kier molecular flexibility index (Phi) is 4.35. The Balaban J connectivity index is 2.84. The van der Waals surface area contributed by atoms with Crippen molar-refractivity contribution in [2.24, 2.45) is 0 Å². The Morgan fingerprint density at radius 3 is 3.00 bits per heavy atom. The van der Waals surface area contributed by atoms with Crippen molar-refractivity contribution >= 4 is 33.4 Å². The maximum absolute atomic E-state index is 11.7. The number of alkyl halides is 1. The molecule has 76 valence electrons. The molecule has 0 fully saturated rings. The summed E-state index contributed by atoms with van der Waals surface area (Å²) in [6, 6.07) is 3.55. The van der Waals surface area contributed by atoms with Crippen molar-refractivity contribution in [2.75, 3.05) is 19.5 Å². The molecule has 0 N–H and O–H groups in total. The lowest BCUT2D eigenvalue weighted by Gasteiger charge is -2.15. The minimum Gasteiger partial charge on any atom is -0.339 e. The molecule has 0 saturated heterocycles. The number of aromatic nitrogens is 1. The molecule has 0 aliphatic carbocycles. The van der Waals surface area contributed by atoms with Crippen LogP contribution in [0.4, 0.5) is 0 Å². The Morgan fingerprint density at radius 2 is 2.43 bits per heavy atom. The summed E-state index contributed by atoms with van der Waals surface area (Å²) in [5.74, 6) is 0.297. The Labute approximate surface area is 96.2 Å². The third kappa shape index (κ3) is 2.69. The Morgan fingerprint density at radius 1 is 1.71 bits per heavy atom. The van der Waals surface area contributed by atoms with Gasteiger partial charge in [-0.25, -0.2) is 4.98 Å². The summed E-state index contributed by atoms with van der Waals surface area (Å²) >= 11 is 8.81. The summed E-state index contributed by atoms with van der Waals surface area (Å²) in [6.45, 7) is 0.517. The van der Waals surface area contributed by atoms with Gasteiger partial charge in [0.25, 0.3) is 5.91 Å². The zero-order chi connectivity index (χ0) is 10.6. The lowest BCUT2D eigenvalue weighted by molar-refractivity contribution is 0.0796. The fourth-order valence-electron chi connectivity index (χ4n) is 0.952.